The quantitative estimate of drug-likeness (QED) is 0.364. The van der Waals surface area contributed by atoms with Gasteiger partial charge in [-0.05, 0) is 36.1 Å². The van der Waals surface area contributed by atoms with E-state index in [1.54, 1.807) is 18.2 Å². The maximum atomic E-state index is 14.1. The van der Waals surface area contributed by atoms with Crippen LogP contribution in [0, 0.1) is 5.41 Å². The van der Waals surface area contributed by atoms with E-state index in [0.29, 0.717) is 16.3 Å². The van der Waals surface area contributed by atoms with Gasteiger partial charge >= 0.3 is 0 Å². The summed E-state index contributed by atoms with van der Waals surface area (Å²) < 4.78 is 14.1. The second kappa shape index (κ2) is 7.23. The minimum atomic E-state index is -3.16. The summed E-state index contributed by atoms with van der Waals surface area (Å²) in [6.07, 6.45) is 0. The lowest BCUT2D eigenvalue weighted by Gasteiger charge is -2.33. The third-order valence-electron chi connectivity index (χ3n) is 4.17. The Morgan fingerprint density at radius 3 is 2.25 bits per heavy atom. The Morgan fingerprint density at radius 2 is 1.67 bits per heavy atom. The van der Waals surface area contributed by atoms with E-state index in [1.165, 1.54) is 0 Å². The van der Waals surface area contributed by atoms with Gasteiger partial charge in [-0.2, -0.15) is 0 Å². The second-order valence-electron chi connectivity index (χ2n) is 6.84. The normalized spacial score (nSPS) is 15.2. The predicted octanol–water partition coefficient (Wildman–Crippen LogP) is 4.88. The van der Waals surface area contributed by atoms with Crippen molar-refractivity contribution < 1.29 is 4.57 Å². The highest BCUT2D eigenvalue weighted by Crippen LogP contribution is 2.44. The van der Waals surface area contributed by atoms with Crippen molar-refractivity contribution in [2.24, 2.45) is 10.5 Å². The first-order valence-corrected chi connectivity index (χ1v) is 9.58. The second-order valence-corrected chi connectivity index (χ2v) is 9.31. The van der Waals surface area contributed by atoms with E-state index in [9.17, 15) is 4.57 Å². The molecule has 0 aliphatic rings. The maximum Gasteiger partial charge on any atom is 0.205 e. The highest BCUT2D eigenvalue weighted by Gasteiger charge is 2.34. The van der Waals surface area contributed by atoms with E-state index >= 15 is 0 Å². The molecular formula is C18H23N4OP. The van der Waals surface area contributed by atoms with Gasteiger partial charge in [-0.1, -0.05) is 62.3 Å². The Balaban J connectivity index is 2.65. The zero-order valence-electron chi connectivity index (χ0n) is 14.5. The molecule has 5 nitrogen and oxygen atoms in total. The van der Waals surface area contributed by atoms with E-state index in [0.717, 1.165) is 0 Å². The van der Waals surface area contributed by atoms with Crippen LogP contribution in [-0.2, 0) is 4.57 Å². The fourth-order valence-electron chi connectivity index (χ4n) is 2.25. The van der Waals surface area contributed by atoms with Crippen LogP contribution in [0.5, 0.6) is 0 Å². The number of hydrogen-bond donors (Lipinski definition) is 1. The molecule has 2 rings (SSSR count). The van der Waals surface area contributed by atoms with Gasteiger partial charge in [0.2, 0.25) is 7.29 Å². The molecule has 0 fully saturated rings. The molecule has 24 heavy (non-hydrogen) atoms. The van der Waals surface area contributed by atoms with Gasteiger partial charge in [-0.15, -0.1) is 0 Å². The first-order chi connectivity index (χ1) is 11.3. The van der Waals surface area contributed by atoms with Crippen molar-refractivity contribution in [2.45, 2.75) is 33.7 Å². The maximum absolute atomic E-state index is 14.1. The van der Waals surface area contributed by atoms with Crippen LogP contribution in [0.4, 0.5) is 5.69 Å². The summed E-state index contributed by atoms with van der Waals surface area (Å²) in [5.41, 5.74) is 9.16. The van der Waals surface area contributed by atoms with Gasteiger partial charge in [0.05, 0.1) is 0 Å². The lowest BCUT2D eigenvalue weighted by molar-refractivity contribution is 0.319. The van der Waals surface area contributed by atoms with Crippen molar-refractivity contribution in [3.05, 3.63) is 65.0 Å². The van der Waals surface area contributed by atoms with Gasteiger partial charge in [0.15, 0.2) is 0 Å². The molecule has 0 aliphatic carbocycles. The summed E-state index contributed by atoms with van der Waals surface area (Å²) in [6.45, 7) is 8.31. The standard InChI is InChI=1S/C18H23N4OP/c1-14(18(2,3)4)21-24(23,15-10-6-5-7-11-15)17-13-9-8-12-16(17)20-22-19/h5-14H,1-4H3,(H,21,23). The molecule has 126 valence electrons. The summed E-state index contributed by atoms with van der Waals surface area (Å²) in [7, 11) is -3.16. The van der Waals surface area contributed by atoms with Crippen LogP contribution in [0.3, 0.4) is 0 Å². The molecule has 0 saturated carbocycles. The summed E-state index contributed by atoms with van der Waals surface area (Å²) >= 11 is 0. The molecule has 0 heterocycles. The van der Waals surface area contributed by atoms with E-state index in [1.807, 2.05) is 43.3 Å². The SMILES string of the molecule is CC(NP(=O)(c1ccccc1)c1ccccc1N=[N+]=[N-])C(C)(C)C. The van der Waals surface area contributed by atoms with Gasteiger partial charge in [0.25, 0.3) is 0 Å². The molecule has 1 N–H and O–H groups in total. The molecule has 0 amide bonds. The third-order valence-corrected chi connectivity index (χ3v) is 7.00. The molecule has 2 atom stereocenters. The molecule has 0 spiro atoms. The monoisotopic (exact) mass is 342 g/mol. The Morgan fingerprint density at radius 1 is 1.08 bits per heavy atom. The summed E-state index contributed by atoms with van der Waals surface area (Å²) in [4.78, 5) is 2.88. The van der Waals surface area contributed by atoms with E-state index in [4.69, 9.17) is 5.53 Å². The highest BCUT2D eigenvalue weighted by molar-refractivity contribution is 7.77. The van der Waals surface area contributed by atoms with Crippen molar-refractivity contribution in [1.82, 2.24) is 5.09 Å². The molecule has 0 saturated heterocycles. The van der Waals surface area contributed by atoms with Crippen molar-refractivity contribution in [3.63, 3.8) is 0 Å². The van der Waals surface area contributed by atoms with Crippen LogP contribution in [0.25, 0.3) is 10.4 Å². The van der Waals surface area contributed by atoms with E-state index in [-0.39, 0.29) is 11.5 Å². The molecule has 2 aromatic rings. The average Bonchev–Trinajstić information content (AvgIpc) is 2.55. The summed E-state index contributed by atoms with van der Waals surface area (Å²) in [5.74, 6) is 0. The van der Waals surface area contributed by atoms with E-state index < -0.39 is 7.29 Å². The third kappa shape index (κ3) is 3.88. The number of azide groups is 1. The Bertz CT molecular complexity index is 792. The molecule has 0 radical (unpaired) electrons. The Kier molecular flexibility index (Phi) is 5.51. The van der Waals surface area contributed by atoms with E-state index in [2.05, 4.69) is 35.9 Å². The Labute approximate surface area is 143 Å². The lowest BCUT2D eigenvalue weighted by atomic mass is 9.89. The van der Waals surface area contributed by atoms with Gasteiger partial charge in [-0.25, -0.2) is 0 Å². The smallest absolute Gasteiger partial charge is 0.205 e. The number of nitrogens with one attached hydrogen (secondary N) is 1. The summed E-state index contributed by atoms with van der Waals surface area (Å²) in [5, 5.41) is 8.30. The van der Waals surface area contributed by atoms with Gasteiger partial charge in [0.1, 0.15) is 0 Å². The van der Waals surface area contributed by atoms with Crippen molar-refractivity contribution in [3.8, 4) is 0 Å². The predicted molar refractivity (Wildman–Crippen MR) is 101 cm³/mol. The van der Waals surface area contributed by atoms with Crippen molar-refractivity contribution in [1.29, 1.82) is 0 Å². The molecular weight excluding hydrogens is 319 g/mol. The molecule has 0 aromatic heterocycles. The van der Waals surface area contributed by atoms with Crippen LogP contribution < -0.4 is 15.7 Å². The summed E-state index contributed by atoms with van der Waals surface area (Å²) in [6, 6.07) is 16.3. The number of rotatable bonds is 5. The van der Waals surface area contributed by atoms with Crippen LogP contribution in [-0.4, -0.2) is 6.04 Å². The minimum absolute atomic E-state index is 0.0114. The largest absolute Gasteiger partial charge is 0.297 e. The lowest BCUT2D eigenvalue weighted by Crippen LogP contribution is -2.40. The molecule has 0 aliphatic heterocycles. The number of hydrogen-bond acceptors (Lipinski definition) is 2. The van der Waals surface area contributed by atoms with Gasteiger partial charge in [0, 0.05) is 27.3 Å². The van der Waals surface area contributed by atoms with Crippen LogP contribution >= 0.6 is 7.29 Å². The molecule has 2 aromatic carbocycles. The van der Waals surface area contributed by atoms with Crippen molar-refractivity contribution >= 4 is 23.6 Å². The topological polar surface area (TPSA) is 77.9 Å². The van der Waals surface area contributed by atoms with Crippen LogP contribution in [0.1, 0.15) is 27.7 Å². The average molecular weight is 342 g/mol. The fourth-order valence-corrected chi connectivity index (χ4v) is 5.08. The minimum Gasteiger partial charge on any atom is -0.297 e. The first-order valence-electron chi connectivity index (χ1n) is 7.87. The fraction of sp³-hybridized carbons (Fsp3) is 0.333. The molecule has 2 unspecified atom stereocenters. The van der Waals surface area contributed by atoms with Gasteiger partial charge in [-0.3, -0.25) is 9.65 Å². The first kappa shape index (κ1) is 18.3. The van der Waals surface area contributed by atoms with Crippen molar-refractivity contribution in [2.75, 3.05) is 0 Å². The number of benzene rings is 2. The molecule has 6 heteroatoms. The zero-order chi connectivity index (χ0) is 17.8. The Hall–Kier alpha value is -2.06. The highest BCUT2D eigenvalue weighted by atomic mass is 31.2. The van der Waals surface area contributed by atoms with Crippen LogP contribution in [0.2, 0.25) is 0 Å². The number of nitrogens with zero attached hydrogens (tertiary/aromatic N) is 3. The zero-order valence-corrected chi connectivity index (χ0v) is 15.4. The van der Waals surface area contributed by atoms with Gasteiger partial charge < -0.3 is 0 Å². The molecule has 0 bridgehead atoms. The van der Waals surface area contributed by atoms with Crippen LogP contribution in [0.15, 0.2) is 59.7 Å².